The molecule has 2 aliphatic rings. The quantitative estimate of drug-likeness (QED) is 0.715. The van der Waals surface area contributed by atoms with Crippen LogP contribution in [0.3, 0.4) is 0 Å². The lowest BCUT2D eigenvalue weighted by molar-refractivity contribution is -0.155. The van der Waals surface area contributed by atoms with Crippen LogP contribution in [0, 0.1) is 0 Å². The van der Waals surface area contributed by atoms with Gasteiger partial charge in [0.15, 0.2) is 6.10 Å². The molecule has 0 aromatic heterocycles. The van der Waals surface area contributed by atoms with E-state index in [2.05, 4.69) is 0 Å². The fraction of sp³-hybridized carbons (Fsp3) is 0.846. The van der Waals surface area contributed by atoms with Gasteiger partial charge in [0.05, 0.1) is 19.3 Å². The minimum Gasteiger partial charge on any atom is -0.479 e. The molecule has 114 valence electrons. The summed E-state index contributed by atoms with van der Waals surface area (Å²) in [5, 5.41) is 17.5. The van der Waals surface area contributed by atoms with E-state index in [0.717, 1.165) is 12.8 Å². The predicted molar refractivity (Wildman–Crippen MR) is 68.2 cm³/mol. The van der Waals surface area contributed by atoms with Crippen LogP contribution in [-0.2, 0) is 19.1 Å². The third kappa shape index (κ3) is 3.68. The molecule has 20 heavy (non-hydrogen) atoms. The highest BCUT2D eigenvalue weighted by atomic mass is 16.5. The number of amides is 1. The van der Waals surface area contributed by atoms with Crippen molar-refractivity contribution in [2.75, 3.05) is 26.3 Å². The van der Waals surface area contributed by atoms with Gasteiger partial charge in [-0.25, -0.2) is 4.79 Å². The number of ether oxygens (including phenoxy) is 2. The van der Waals surface area contributed by atoms with E-state index in [9.17, 15) is 9.59 Å². The molecule has 7 heteroatoms. The van der Waals surface area contributed by atoms with Crippen LogP contribution in [0.4, 0.5) is 0 Å². The maximum absolute atomic E-state index is 12.2. The van der Waals surface area contributed by atoms with Crippen molar-refractivity contribution in [2.45, 2.75) is 44.0 Å². The third-order valence-electron chi connectivity index (χ3n) is 3.77. The Morgan fingerprint density at radius 3 is 2.35 bits per heavy atom. The summed E-state index contributed by atoms with van der Waals surface area (Å²) >= 11 is 0. The maximum atomic E-state index is 12.2. The van der Waals surface area contributed by atoms with Gasteiger partial charge in [-0.1, -0.05) is 0 Å². The molecule has 0 bridgehead atoms. The number of carboxylic acids is 1. The van der Waals surface area contributed by atoms with Crippen molar-refractivity contribution in [1.82, 2.24) is 4.90 Å². The Labute approximate surface area is 117 Å². The van der Waals surface area contributed by atoms with Crippen LogP contribution >= 0.6 is 0 Å². The van der Waals surface area contributed by atoms with E-state index in [1.807, 2.05) is 0 Å². The van der Waals surface area contributed by atoms with E-state index >= 15 is 0 Å². The topological polar surface area (TPSA) is 96.3 Å². The number of aliphatic hydroxyl groups excluding tert-OH is 1. The lowest BCUT2D eigenvalue weighted by atomic mass is 10.1. The monoisotopic (exact) mass is 287 g/mol. The van der Waals surface area contributed by atoms with Gasteiger partial charge in [0.2, 0.25) is 0 Å². The summed E-state index contributed by atoms with van der Waals surface area (Å²) in [6.45, 7) is 1.51. The van der Waals surface area contributed by atoms with Gasteiger partial charge in [-0.2, -0.15) is 0 Å². The predicted octanol–water partition coefficient (Wildman–Crippen LogP) is -0.381. The summed E-state index contributed by atoms with van der Waals surface area (Å²) in [5.41, 5.74) is 0. The van der Waals surface area contributed by atoms with Crippen LogP contribution < -0.4 is 0 Å². The standard InChI is InChI=1S/C13H21NO6/c15-7-8-19-9-3-5-14(6-4-9)12(16)10-1-2-11(20-10)13(17)18/h9-11,15H,1-8H2,(H,17,18)/t10-,11+/m0/s1. The zero-order valence-corrected chi connectivity index (χ0v) is 11.4. The van der Waals surface area contributed by atoms with Gasteiger partial charge in [0.1, 0.15) is 6.10 Å². The largest absolute Gasteiger partial charge is 0.479 e. The van der Waals surface area contributed by atoms with Gasteiger partial charge in [0.25, 0.3) is 5.91 Å². The number of rotatable bonds is 5. The molecule has 2 atom stereocenters. The summed E-state index contributed by atoms with van der Waals surface area (Å²) in [7, 11) is 0. The summed E-state index contributed by atoms with van der Waals surface area (Å²) in [4.78, 5) is 24.7. The number of hydrogen-bond acceptors (Lipinski definition) is 5. The van der Waals surface area contributed by atoms with Crippen molar-refractivity contribution >= 4 is 11.9 Å². The molecule has 0 aliphatic carbocycles. The Kier molecular flexibility index (Phi) is 5.33. The Bertz CT molecular complexity index is 353. The molecule has 2 heterocycles. The van der Waals surface area contributed by atoms with Crippen LogP contribution in [0.1, 0.15) is 25.7 Å². The van der Waals surface area contributed by atoms with E-state index in [4.69, 9.17) is 19.7 Å². The zero-order chi connectivity index (χ0) is 14.5. The number of carbonyl (C=O) groups excluding carboxylic acids is 1. The Morgan fingerprint density at radius 1 is 1.15 bits per heavy atom. The summed E-state index contributed by atoms with van der Waals surface area (Å²) in [6.07, 6.45) is 0.947. The molecule has 2 saturated heterocycles. The van der Waals surface area contributed by atoms with E-state index in [0.29, 0.717) is 32.5 Å². The first kappa shape index (κ1) is 15.2. The Hall–Kier alpha value is -1.18. The van der Waals surface area contributed by atoms with E-state index in [-0.39, 0.29) is 18.6 Å². The second kappa shape index (κ2) is 7.01. The van der Waals surface area contributed by atoms with Crippen molar-refractivity contribution in [3.05, 3.63) is 0 Å². The van der Waals surface area contributed by atoms with Crippen molar-refractivity contribution < 1.29 is 29.3 Å². The Morgan fingerprint density at radius 2 is 1.80 bits per heavy atom. The number of piperidine rings is 1. The van der Waals surface area contributed by atoms with E-state index < -0.39 is 18.2 Å². The minimum atomic E-state index is -1.00. The highest BCUT2D eigenvalue weighted by Crippen LogP contribution is 2.23. The number of aliphatic carboxylic acids is 1. The van der Waals surface area contributed by atoms with Gasteiger partial charge in [-0.05, 0) is 25.7 Å². The zero-order valence-electron chi connectivity index (χ0n) is 11.4. The van der Waals surface area contributed by atoms with Crippen molar-refractivity contribution in [1.29, 1.82) is 0 Å². The molecule has 2 fully saturated rings. The molecule has 0 aromatic rings. The van der Waals surface area contributed by atoms with E-state index in [1.54, 1.807) is 4.90 Å². The highest BCUT2D eigenvalue weighted by molar-refractivity contribution is 5.82. The van der Waals surface area contributed by atoms with Gasteiger partial charge >= 0.3 is 5.97 Å². The molecule has 7 nitrogen and oxygen atoms in total. The number of carboxylic acid groups (broad SMARTS) is 1. The molecule has 0 saturated carbocycles. The molecular formula is C13H21NO6. The first-order valence-electron chi connectivity index (χ1n) is 7.01. The molecule has 0 radical (unpaired) electrons. The van der Waals surface area contributed by atoms with Gasteiger partial charge < -0.3 is 24.6 Å². The molecular weight excluding hydrogens is 266 g/mol. The molecule has 2 rings (SSSR count). The van der Waals surface area contributed by atoms with E-state index in [1.165, 1.54) is 0 Å². The normalized spacial score (nSPS) is 27.8. The number of carbonyl (C=O) groups is 2. The smallest absolute Gasteiger partial charge is 0.332 e. The molecule has 0 spiro atoms. The summed E-state index contributed by atoms with van der Waals surface area (Å²) in [5.74, 6) is -1.12. The maximum Gasteiger partial charge on any atom is 0.332 e. The Balaban J connectivity index is 1.76. The molecule has 2 N–H and O–H groups in total. The summed E-state index contributed by atoms with van der Waals surface area (Å²) < 4.78 is 10.7. The highest BCUT2D eigenvalue weighted by Gasteiger charge is 2.37. The van der Waals surface area contributed by atoms with Gasteiger partial charge in [-0.15, -0.1) is 0 Å². The molecule has 2 aliphatic heterocycles. The molecule has 1 amide bonds. The average Bonchev–Trinajstić information content (AvgIpc) is 2.95. The van der Waals surface area contributed by atoms with Crippen LogP contribution in [0.25, 0.3) is 0 Å². The fourth-order valence-electron chi connectivity index (χ4n) is 2.67. The van der Waals surface area contributed by atoms with Gasteiger partial charge in [-0.3, -0.25) is 4.79 Å². The molecule has 0 unspecified atom stereocenters. The van der Waals surface area contributed by atoms with Gasteiger partial charge in [0, 0.05) is 13.1 Å². The first-order valence-corrected chi connectivity index (χ1v) is 7.01. The van der Waals surface area contributed by atoms with Crippen molar-refractivity contribution in [3.63, 3.8) is 0 Å². The number of likely N-dealkylation sites (tertiary alicyclic amines) is 1. The molecule has 0 aromatic carbocycles. The fourth-order valence-corrected chi connectivity index (χ4v) is 2.67. The summed E-state index contributed by atoms with van der Waals surface area (Å²) in [6, 6.07) is 0. The SMILES string of the molecule is O=C(O)[C@H]1CC[C@@H](C(=O)N2CCC(OCCO)CC2)O1. The van der Waals surface area contributed by atoms with Crippen LogP contribution in [0.2, 0.25) is 0 Å². The van der Waals surface area contributed by atoms with Crippen molar-refractivity contribution in [2.24, 2.45) is 0 Å². The van der Waals surface area contributed by atoms with Crippen LogP contribution in [0.15, 0.2) is 0 Å². The second-order valence-electron chi connectivity index (χ2n) is 5.15. The lowest BCUT2D eigenvalue weighted by Gasteiger charge is -2.33. The number of hydrogen-bond donors (Lipinski definition) is 2. The second-order valence-corrected chi connectivity index (χ2v) is 5.15. The first-order chi connectivity index (χ1) is 9.61. The van der Waals surface area contributed by atoms with Crippen LogP contribution in [-0.4, -0.2) is 71.6 Å². The number of nitrogens with zero attached hydrogens (tertiary/aromatic N) is 1. The minimum absolute atomic E-state index is 0.00559. The third-order valence-corrected chi connectivity index (χ3v) is 3.77. The van der Waals surface area contributed by atoms with Crippen LogP contribution in [0.5, 0.6) is 0 Å². The lowest BCUT2D eigenvalue weighted by Crippen LogP contribution is -2.45. The average molecular weight is 287 g/mol. The van der Waals surface area contributed by atoms with Crippen molar-refractivity contribution in [3.8, 4) is 0 Å². The number of aliphatic hydroxyl groups is 1.